The van der Waals surface area contributed by atoms with Gasteiger partial charge < -0.3 is 33.2 Å². The molecule has 396 valence electrons. The molecule has 0 aromatic heterocycles. The standard InChI is InChI=1S/C62H106O7/c1-5-9-13-17-21-25-39-51-63-59(64-52-40-26-22-18-14-10-6-2)47-35-37-49-61(67-55-57-43-31-29-32-44-57)69-62(68-56-58-45-33-30-34-46-58)50-38-36-48-60(65-53-41-27-23-19-15-11-7-3)66-54-42-28-24-20-16-12-8-4/h29-34,37-38,43-46,49-50,59-62H,5-28,35-36,39-42,47-48,51-56H2,1-4H3. The molecular formula is C62H106O7. The molecule has 0 amide bonds. The van der Waals surface area contributed by atoms with E-state index in [2.05, 4.69) is 64.1 Å². The van der Waals surface area contributed by atoms with E-state index in [9.17, 15) is 0 Å². The Hall–Kier alpha value is -2.36. The van der Waals surface area contributed by atoms with Crippen LogP contribution in [0, 0.1) is 0 Å². The first-order chi connectivity index (χ1) is 34.2. The zero-order valence-corrected chi connectivity index (χ0v) is 45.1. The fourth-order valence-corrected chi connectivity index (χ4v) is 8.32. The second kappa shape index (κ2) is 49.2. The summed E-state index contributed by atoms with van der Waals surface area (Å²) in [6, 6.07) is 20.6. The zero-order valence-electron chi connectivity index (χ0n) is 45.1. The summed E-state index contributed by atoms with van der Waals surface area (Å²) in [6.45, 7) is 12.9. The van der Waals surface area contributed by atoms with Crippen LogP contribution in [-0.4, -0.2) is 51.6 Å². The summed E-state index contributed by atoms with van der Waals surface area (Å²) >= 11 is 0. The lowest BCUT2D eigenvalue weighted by Crippen LogP contribution is -2.24. The van der Waals surface area contributed by atoms with Gasteiger partial charge in [0.05, 0.1) is 13.2 Å². The highest BCUT2D eigenvalue weighted by Gasteiger charge is 2.16. The van der Waals surface area contributed by atoms with Crippen molar-refractivity contribution in [2.75, 3.05) is 26.4 Å². The van der Waals surface area contributed by atoms with Gasteiger partial charge in [-0.2, -0.15) is 0 Å². The molecule has 0 saturated carbocycles. The molecule has 7 nitrogen and oxygen atoms in total. The highest BCUT2D eigenvalue weighted by Crippen LogP contribution is 2.18. The summed E-state index contributed by atoms with van der Waals surface area (Å²) in [5, 5.41) is 0. The number of unbranched alkanes of at least 4 members (excludes halogenated alkanes) is 24. The molecular weight excluding hydrogens is 857 g/mol. The molecule has 69 heavy (non-hydrogen) atoms. The third-order valence-corrected chi connectivity index (χ3v) is 12.7. The molecule has 2 rings (SSSR count). The Balaban J connectivity index is 2.10. The highest BCUT2D eigenvalue weighted by atomic mass is 16.8. The first kappa shape index (κ1) is 62.8. The zero-order chi connectivity index (χ0) is 49.2. The maximum absolute atomic E-state index is 6.67. The van der Waals surface area contributed by atoms with Gasteiger partial charge >= 0.3 is 0 Å². The van der Waals surface area contributed by atoms with Crippen molar-refractivity contribution >= 4 is 0 Å². The lowest BCUT2D eigenvalue weighted by atomic mass is 10.1. The van der Waals surface area contributed by atoms with Gasteiger partial charge in [0.1, 0.15) is 0 Å². The molecule has 0 N–H and O–H groups in total. The molecule has 0 spiro atoms. The normalized spacial score (nSPS) is 13.0. The van der Waals surface area contributed by atoms with Crippen molar-refractivity contribution in [1.82, 2.24) is 0 Å². The first-order valence-corrected chi connectivity index (χ1v) is 28.9. The minimum Gasteiger partial charge on any atom is -0.353 e. The molecule has 7 heteroatoms. The lowest BCUT2D eigenvalue weighted by Gasteiger charge is -2.22. The molecule has 2 atom stereocenters. The summed E-state index contributed by atoms with van der Waals surface area (Å²) in [4.78, 5) is 0. The molecule has 0 bridgehead atoms. The highest BCUT2D eigenvalue weighted by molar-refractivity contribution is 5.14. The van der Waals surface area contributed by atoms with Gasteiger partial charge in [0.15, 0.2) is 25.2 Å². The fourth-order valence-electron chi connectivity index (χ4n) is 8.32. The van der Waals surface area contributed by atoms with Crippen LogP contribution in [-0.2, 0) is 46.4 Å². The van der Waals surface area contributed by atoms with Crippen LogP contribution in [0.15, 0.2) is 85.0 Å². The third-order valence-electron chi connectivity index (χ3n) is 12.7. The number of hydrogen-bond donors (Lipinski definition) is 0. The first-order valence-electron chi connectivity index (χ1n) is 28.9. The van der Waals surface area contributed by atoms with Crippen LogP contribution in [0.3, 0.4) is 0 Å². The third kappa shape index (κ3) is 39.9. The molecule has 2 unspecified atom stereocenters. The smallest absolute Gasteiger partial charge is 0.180 e. The summed E-state index contributed by atoms with van der Waals surface area (Å²) < 4.78 is 45.2. The van der Waals surface area contributed by atoms with Crippen molar-refractivity contribution in [3.63, 3.8) is 0 Å². The van der Waals surface area contributed by atoms with Crippen molar-refractivity contribution in [2.45, 2.75) is 272 Å². The quantitative estimate of drug-likeness (QED) is 0.0372. The Morgan fingerprint density at radius 1 is 0.333 bits per heavy atom. The van der Waals surface area contributed by atoms with Crippen molar-refractivity contribution in [1.29, 1.82) is 0 Å². The average Bonchev–Trinajstić information content (AvgIpc) is 3.37. The molecule has 0 fully saturated rings. The number of allylic oxidation sites excluding steroid dienone is 2. The van der Waals surface area contributed by atoms with Crippen molar-refractivity contribution in [3.8, 4) is 0 Å². The van der Waals surface area contributed by atoms with Crippen molar-refractivity contribution in [3.05, 3.63) is 96.1 Å². The second-order valence-corrected chi connectivity index (χ2v) is 19.3. The van der Waals surface area contributed by atoms with E-state index in [0.29, 0.717) is 13.2 Å². The Morgan fingerprint density at radius 2 is 0.609 bits per heavy atom. The Labute approximate surface area is 425 Å². The molecule has 0 saturated heterocycles. The van der Waals surface area contributed by atoms with Gasteiger partial charge in [-0.05, 0) is 61.8 Å². The summed E-state index contributed by atoms with van der Waals surface area (Å²) in [6.07, 6.45) is 45.3. The van der Waals surface area contributed by atoms with Gasteiger partial charge in [0.25, 0.3) is 0 Å². The molecule has 0 heterocycles. The van der Waals surface area contributed by atoms with Crippen LogP contribution >= 0.6 is 0 Å². The minimum absolute atomic E-state index is 0.216. The van der Waals surface area contributed by atoms with Gasteiger partial charge in [-0.15, -0.1) is 0 Å². The van der Waals surface area contributed by atoms with Crippen LogP contribution in [0.1, 0.15) is 244 Å². The molecule has 2 aromatic rings. The van der Waals surface area contributed by atoms with Crippen LogP contribution in [0.5, 0.6) is 0 Å². The number of hydrogen-bond acceptors (Lipinski definition) is 7. The average molecular weight is 964 g/mol. The van der Waals surface area contributed by atoms with E-state index >= 15 is 0 Å². The van der Waals surface area contributed by atoms with E-state index in [4.69, 9.17) is 33.2 Å². The van der Waals surface area contributed by atoms with Crippen molar-refractivity contribution in [2.24, 2.45) is 0 Å². The number of rotatable bonds is 52. The monoisotopic (exact) mass is 963 g/mol. The lowest BCUT2D eigenvalue weighted by molar-refractivity contribution is -0.215. The molecule has 0 aliphatic carbocycles. The van der Waals surface area contributed by atoms with E-state index in [1.807, 2.05) is 48.6 Å². The van der Waals surface area contributed by atoms with E-state index in [1.54, 1.807) is 0 Å². The summed E-state index contributed by atoms with van der Waals surface area (Å²) in [5.41, 5.74) is 2.18. The van der Waals surface area contributed by atoms with E-state index in [0.717, 1.165) is 88.9 Å². The van der Waals surface area contributed by atoms with Crippen LogP contribution in [0.4, 0.5) is 0 Å². The predicted molar refractivity (Wildman–Crippen MR) is 291 cm³/mol. The van der Waals surface area contributed by atoms with Gasteiger partial charge in [-0.1, -0.05) is 255 Å². The minimum atomic E-state index is -0.625. The fraction of sp³-hybridized carbons (Fsp3) is 0.742. The van der Waals surface area contributed by atoms with Gasteiger partial charge in [0.2, 0.25) is 0 Å². The molecule has 0 aliphatic heterocycles. The topological polar surface area (TPSA) is 64.6 Å². The van der Waals surface area contributed by atoms with Crippen molar-refractivity contribution < 1.29 is 33.2 Å². The second-order valence-electron chi connectivity index (χ2n) is 19.3. The van der Waals surface area contributed by atoms with E-state index in [-0.39, 0.29) is 12.6 Å². The van der Waals surface area contributed by atoms with Crippen LogP contribution < -0.4 is 0 Å². The van der Waals surface area contributed by atoms with Gasteiger partial charge in [-0.25, -0.2) is 0 Å². The SMILES string of the molecule is CCCCCCCCCOC(CCC=CC(OCc1ccccc1)OC(C=CCCC(OCCCCCCCCC)OCCCCCCCCC)OCc1ccccc1)OCCCCCCCCC. The molecule has 0 aliphatic rings. The van der Waals surface area contributed by atoms with Gasteiger partial charge in [-0.3, -0.25) is 0 Å². The molecule has 0 radical (unpaired) electrons. The Morgan fingerprint density at radius 3 is 0.899 bits per heavy atom. The molecule has 2 aromatic carbocycles. The summed E-state index contributed by atoms with van der Waals surface area (Å²) in [7, 11) is 0. The Kier molecular flexibility index (Phi) is 44.8. The number of benzene rings is 2. The van der Waals surface area contributed by atoms with Crippen LogP contribution in [0.2, 0.25) is 0 Å². The Bertz CT molecular complexity index is 1230. The maximum atomic E-state index is 6.67. The van der Waals surface area contributed by atoms with E-state index < -0.39 is 12.6 Å². The summed E-state index contributed by atoms with van der Waals surface area (Å²) in [5.74, 6) is 0. The number of ether oxygens (including phenoxy) is 7. The van der Waals surface area contributed by atoms with Gasteiger partial charge in [0, 0.05) is 39.3 Å². The maximum Gasteiger partial charge on any atom is 0.180 e. The van der Waals surface area contributed by atoms with E-state index in [1.165, 1.54) is 154 Å². The largest absolute Gasteiger partial charge is 0.353 e. The van der Waals surface area contributed by atoms with Crippen LogP contribution in [0.25, 0.3) is 0 Å². The predicted octanol–water partition coefficient (Wildman–Crippen LogP) is 18.5.